The molecule has 0 heterocycles. The van der Waals surface area contributed by atoms with Gasteiger partial charge in [-0.25, -0.2) is 0 Å². The summed E-state index contributed by atoms with van der Waals surface area (Å²) in [7, 11) is 0. The van der Waals surface area contributed by atoms with Crippen LogP contribution in [0.3, 0.4) is 0 Å². The van der Waals surface area contributed by atoms with Crippen molar-refractivity contribution in [2.45, 2.75) is 40.7 Å². The van der Waals surface area contributed by atoms with Crippen LogP contribution in [-0.4, -0.2) is 31.7 Å². The highest BCUT2D eigenvalue weighted by atomic mass is 16.5. The molecule has 0 aliphatic heterocycles. The first-order chi connectivity index (χ1) is 9.99. The van der Waals surface area contributed by atoms with Crippen LogP contribution in [0.5, 0.6) is 0 Å². The van der Waals surface area contributed by atoms with Crippen LogP contribution in [0.25, 0.3) is 0 Å². The summed E-state index contributed by atoms with van der Waals surface area (Å²) in [6, 6.07) is 5.77. The molecule has 0 aliphatic rings. The Kier molecular flexibility index (Phi) is 7.23. The van der Waals surface area contributed by atoms with E-state index in [0.29, 0.717) is 24.7 Å². The lowest BCUT2D eigenvalue weighted by molar-refractivity contribution is 0.0806. The van der Waals surface area contributed by atoms with Crippen molar-refractivity contribution >= 4 is 11.6 Å². The molecule has 0 saturated carbocycles. The topological polar surface area (TPSA) is 50.4 Å². The number of carbonyl (C=O) groups is 1. The van der Waals surface area contributed by atoms with E-state index < -0.39 is 0 Å². The third kappa shape index (κ3) is 5.38. The monoisotopic (exact) mass is 292 g/mol. The fraction of sp³-hybridized carbons (Fsp3) is 0.588. The number of amides is 1. The number of carbonyl (C=O) groups excluding carboxylic acids is 1. The third-order valence-electron chi connectivity index (χ3n) is 3.48. The van der Waals surface area contributed by atoms with E-state index >= 15 is 0 Å². The lowest BCUT2D eigenvalue weighted by Crippen LogP contribution is -2.41. The summed E-state index contributed by atoms with van der Waals surface area (Å²) in [5.41, 5.74) is 2.84. The minimum absolute atomic E-state index is 0.0335. The van der Waals surface area contributed by atoms with Crippen LogP contribution in [0.4, 0.5) is 5.69 Å². The molecule has 1 amide bonds. The maximum absolute atomic E-state index is 12.4. The van der Waals surface area contributed by atoms with Gasteiger partial charge in [-0.2, -0.15) is 0 Å². The Bertz CT molecular complexity index is 458. The van der Waals surface area contributed by atoms with E-state index in [1.54, 1.807) is 0 Å². The van der Waals surface area contributed by atoms with Crippen LogP contribution in [0.2, 0.25) is 0 Å². The number of nitrogens with one attached hydrogen (secondary N) is 2. The second-order valence-electron chi connectivity index (χ2n) is 5.54. The summed E-state index contributed by atoms with van der Waals surface area (Å²) < 4.78 is 5.44. The molecule has 1 aromatic rings. The molecule has 118 valence electrons. The first-order valence-electron chi connectivity index (χ1n) is 7.72. The van der Waals surface area contributed by atoms with Crippen LogP contribution in [0, 0.1) is 12.8 Å². The fourth-order valence-electron chi connectivity index (χ4n) is 2.09. The highest BCUT2D eigenvalue weighted by molar-refractivity contribution is 5.95. The predicted octanol–water partition coefficient (Wildman–Crippen LogP) is 3.22. The average molecular weight is 292 g/mol. The van der Waals surface area contributed by atoms with Crippen LogP contribution in [-0.2, 0) is 4.74 Å². The Morgan fingerprint density at radius 1 is 1.29 bits per heavy atom. The fourth-order valence-corrected chi connectivity index (χ4v) is 2.09. The van der Waals surface area contributed by atoms with Crippen molar-refractivity contribution in [1.29, 1.82) is 0 Å². The van der Waals surface area contributed by atoms with Crippen LogP contribution >= 0.6 is 0 Å². The molecule has 4 heteroatoms. The van der Waals surface area contributed by atoms with Gasteiger partial charge in [-0.3, -0.25) is 4.79 Å². The number of ether oxygens (including phenoxy) is 1. The number of rotatable bonds is 8. The molecule has 0 spiro atoms. The minimum Gasteiger partial charge on any atom is -0.385 e. The standard InChI is InChI=1S/C17H28N2O2/c1-6-18-15-9-8-14(10-13(15)5)17(20)19-16(12(3)4)11-21-7-2/h8-10,12,16,18H,6-7,11H2,1-5H3,(H,19,20). The van der Waals surface area contributed by atoms with Crippen molar-refractivity contribution in [1.82, 2.24) is 5.32 Å². The molecule has 0 saturated heterocycles. The summed E-state index contributed by atoms with van der Waals surface area (Å²) in [6.07, 6.45) is 0. The van der Waals surface area contributed by atoms with Crippen molar-refractivity contribution < 1.29 is 9.53 Å². The number of aryl methyl sites for hydroxylation is 1. The molecule has 0 bridgehead atoms. The molecule has 1 unspecified atom stereocenters. The summed E-state index contributed by atoms with van der Waals surface area (Å²) in [5.74, 6) is 0.294. The quantitative estimate of drug-likeness (QED) is 0.773. The summed E-state index contributed by atoms with van der Waals surface area (Å²) >= 11 is 0. The predicted molar refractivity (Wildman–Crippen MR) is 87.9 cm³/mol. The Morgan fingerprint density at radius 2 is 2.00 bits per heavy atom. The number of hydrogen-bond acceptors (Lipinski definition) is 3. The van der Waals surface area contributed by atoms with Gasteiger partial charge < -0.3 is 15.4 Å². The largest absolute Gasteiger partial charge is 0.385 e. The van der Waals surface area contributed by atoms with E-state index in [0.717, 1.165) is 17.8 Å². The van der Waals surface area contributed by atoms with Gasteiger partial charge in [-0.05, 0) is 50.5 Å². The van der Waals surface area contributed by atoms with E-state index in [1.807, 2.05) is 32.0 Å². The molecule has 0 aromatic heterocycles. The van der Waals surface area contributed by atoms with Crippen LogP contribution in [0.15, 0.2) is 18.2 Å². The molecule has 2 N–H and O–H groups in total. The van der Waals surface area contributed by atoms with Crippen molar-refractivity contribution in [3.05, 3.63) is 29.3 Å². The molecule has 1 rings (SSSR count). The first-order valence-corrected chi connectivity index (χ1v) is 7.72. The van der Waals surface area contributed by atoms with Gasteiger partial charge in [0.05, 0.1) is 12.6 Å². The number of anilines is 1. The zero-order valence-electron chi connectivity index (χ0n) is 13.8. The molecule has 0 fully saturated rings. The van der Waals surface area contributed by atoms with Gasteiger partial charge in [-0.15, -0.1) is 0 Å². The Morgan fingerprint density at radius 3 is 2.52 bits per heavy atom. The van der Waals surface area contributed by atoms with Gasteiger partial charge in [0.1, 0.15) is 0 Å². The van der Waals surface area contributed by atoms with E-state index in [9.17, 15) is 4.79 Å². The highest BCUT2D eigenvalue weighted by Crippen LogP contribution is 2.16. The lowest BCUT2D eigenvalue weighted by atomic mass is 10.0. The van der Waals surface area contributed by atoms with Gasteiger partial charge in [0.25, 0.3) is 5.91 Å². The molecular formula is C17H28N2O2. The van der Waals surface area contributed by atoms with Gasteiger partial charge >= 0.3 is 0 Å². The first kappa shape index (κ1) is 17.5. The van der Waals surface area contributed by atoms with Crippen LogP contribution < -0.4 is 10.6 Å². The molecular weight excluding hydrogens is 264 g/mol. The van der Waals surface area contributed by atoms with Gasteiger partial charge in [0.15, 0.2) is 0 Å². The number of hydrogen-bond donors (Lipinski definition) is 2. The van der Waals surface area contributed by atoms with Gasteiger partial charge in [-0.1, -0.05) is 13.8 Å². The molecule has 4 nitrogen and oxygen atoms in total. The SMILES string of the molecule is CCNc1ccc(C(=O)NC(COCC)C(C)C)cc1C. The Balaban J connectivity index is 2.75. The average Bonchev–Trinajstić information content (AvgIpc) is 2.45. The van der Waals surface area contributed by atoms with E-state index in [4.69, 9.17) is 4.74 Å². The minimum atomic E-state index is -0.0421. The zero-order valence-corrected chi connectivity index (χ0v) is 13.8. The van der Waals surface area contributed by atoms with Crippen molar-refractivity contribution in [2.24, 2.45) is 5.92 Å². The Labute approximate surface area is 128 Å². The van der Waals surface area contributed by atoms with Crippen molar-refractivity contribution in [3.8, 4) is 0 Å². The molecule has 1 aromatic carbocycles. The van der Waals surface area contributed by atoms with Gasteiger partial charge in [0, 0.05) is 24.4 Å². The summed E-state index contributed by atoms with van der Waals surface area (Å²) in [4.78, 5) is 12.4. The normalized spacial score (nSPS) is 12.3. The van der Waals surface area contributed by atoms with Crippen molar-refractivity contribution in [2.75, 3.05) is 25.1 Å². The van der Waals surface area contributed by atoms with Crippen molar-refractivity contribution in [3.63, 3.8) is 0 Å². The molecule has 1 atom stereocenters. The second kappa shape index (κ2) is 8.67. The second-order valence-corrected chi connectivity index (χ2v) is 5.54. The zero-order chi connectivity index (χ0) is 15.8. The number of benzene rings is 1. The third-order valence-corrected chi connectivity index (χ3v) is 3.48. The summed E-state index contributed by atoms with van der Waals surface area (Å²) in [5, 5.41) is 6.34. The maximum atomic E-state index is 12.4. The van der Waals surface area contributed by atoms with Crippen LogP contribution in [0.1, 0.15) is 43.6 Å². The van der Waals surface area contributed by atoms with E-state index in [1.165, 1.54) is 0 Å². The Hall–Kier alpha value is -1.55. The van der Waals surface area contributed by atoms with E-state index in [2.05, 4.69) is 31.4 Å². The molecule has 0 radical (unpaired) electrons. The van der Waals surface area contributed by atoms with Gasteiger partial charge in [0.2, 0.25) is 0 Å². The molecule has 0 aliphatic carbocycles. The lowest BCUT2D eigenvalue weighted by Gasteiger charge is -2.22. The maximum Gasteiger partial charge on any atom is 0.251 e. The smallest absolute Gasteiger partial charge is 0.251 e. The summed E-state index contributed by atoms with van der Waals surface area (Å²) in [6.45, 7) is 12.3. The van der Waals surface area contributed by atoms with E-state index in [-0.39, 0.29) is 11.9 Å². The molecule has 21 heavy (non-hydrogen) atoms. The highest BCUT2D eigenvalue weighted by Gasteiger charge is 2.17.